The summed E-state index contributed by atoms with van der Waals surface area (Å²) in [4.78, 5) is 35.7. The Labute approximate surface area is 142 Å². The molecule has 1 N–H and O–H groups in total. The Kier molecular flexibility index (Phi) is 5.27. The highest BCUT2D eigenvalue weighted by molar-refractivity contribution is 5.93. The molecule has 2 fully saturated rings. The number of aromatic nitrogens is 2. The summed E-state index contributed by atoms with van der Waals surface area (Å²) >= 11 is 0. The van der Waals surface area contributed by atoms with E-state index in [1.54, 1.807) is 15.9 Å². The number of carbonyl (C=O) groups is 2. The van der Waals surface area contributed by atoms with Crippen molar-refractivity contribution in [1.29, 1.82) is 0 Å². The van der Waals surface area contributed by atoms with Crippen molar-refractivity contribution in [3.8, 4) is 0 Å². The van der Waals surface area contributed by atoms with Crippen LogP contribution in [0.2, 0.25) is 0 Å². The summed E-state index contributed by atoms with van der Waals surface area (Å²) in [7, 11) is 0. The van der Waals surface area contributed by atoms with Gasteiger partial charge in [-0.3, -0.25) is 9.59 Å². The zero-order valence-corrected chi connectivity index (χ0v) is 14.2. The number of aryl methyl sites for hydroxylation is 1. The fourth-order valence-corrected chi connectivity index (χ4v) is 3.40. The van der Waals surface area contributed by atoms with Gasteiger partial charge in [-0.15, -0.1) is 0 Å². The van der Waals surface area contributed by atoms with Gasteiger partial charge in [0.05, 0.1) is 0 Å². The molecule has 3 rings (SSSR count). The molecular formula is C17H25N5O2. The van der Waals surface area contributed by atoms with Crippen molar-refractivity contribution in [3.05, 3.63) is 17.6 Å². The molecule has 7 nitrogen and oxygen atoms in total. The second kappa shape index (κ2) is 7.59. The molecule has 1 aliphatic heterocycles. The van der Waals surface area contributed by atoms with E-state index < -0.39 is 0 Å². The minimum Gasteiger partial charge on any atom is -0.367 e. The Morgan fingerprint density at radius 2 is 1.88 bits per heavy atom. The summed E-state index contributed by atoms with van der Waals surface area (Å²) in [5, 5.41) is 3.46. The smallest absolute Gasteiger partial charge is 0.272 e. The topological polar surface area (TPSA) is 78.4 Å². The second-order valence-electron chi connectivity index (χ2n) is 6.60. The molecule has 0 spiro atoms. The van der Waals surface area contributed by atoms with Crippen molar-refractivity contribution in [2.45, 2.75) is 45.1 Å². The molecule has 0 aromatic carbocycles. The highest BCUT2D eigenvalue weighted by Gasteiger charge is 2.23. The van der Waals surface area contributed by atoms with Crippen LogP contribution in [0.1, 0.15) is 48.4 Å². The van der Waals surface area contributed by atoms with Crippen molar-refractivity contribution < 1.29 is 9.59 Å². The monoisotopic (exact) mass is 331 g/mol. The van der Waals surface area contributed by atoms with Crippen LogP contribution in [0.15, 0.2) is 6.07 Å². The minimum absolute atomic E-state index is 0.0854. The molecule has 0 bridgehead atoms. The Morgan fingerprint density at radius 1 is 1.17 bits per heavy atom. The van der Waals surface area contributed by atoms with Gasteiger partial charge in [0.15, 0.2) is 0 Å². The number of anilines is 1. The average molecular weight is 331 g/mol. The molecule has 1 saturated heterocycles. The summed E-state index contributed by atoms with van der Waals surface area (Å²) in [6, 6.07) is 2.20. The van der Waals surface area contributed by atoms with E-state index in [1.165, 1.54) is 19.3 Å². The van der Waals surface area contributed by atoms with Gasteiger partial charge >= 0.3 is 0 Å². The fourth-order valence-electron chi connectivity index (χ4n) is 3.40. The van der Waals surface area contributed by atoms with Gasteiger partial charge < -0.3 is 15.1 Å². The van der Waals surface area contributed by atoms with E-state index in [-0.39, 0.29) is 5.91 Å². The number of nitrogens with one attached hydrogen (secondary N) is 1. The standard InChI is InChI=1S/C17H25N5O2/c1-13-18-15(17(24)22-9-7-21(12-23)8-10-22)11-16(19-13)20-14-5-3-2-4-6-14/h11-12,14H,2-10H2,1H3,(H,18,19,20). The zero-order chi connectivity index (χ0) is 16.9. The number of hydrogen-bond donors (Lipinski definition) is 1. The number of carbonyl (C=O) groups excluding carboxylic acids is 2. The summed E-state index contributed by atoms with van der Waals surface area (Å²) in [5.41, 5.74) is 0.431. The Balaban J connectivity index is 1.68. The van der Waals surface area contributed by atoms with Gasteiger partial charge in [0, 0.05) is 38.3 Å². The van der Waals surface area contributed by atoms with Crippen LogP contribution in [-0.4, -0.2) is 64.3 Å². The first-order valence-corrected chi connectivity index (χ1v) is 8.76. The van der Waals surface area contributed by atoms with E-state index in [1.807, 2.05) is 6.92 Å². The van der Waals surface area contributed by atoms with Gasteiger partial charge in [-0.05, 0) is 19.8 Å². The largest absolute Gasteiger partial charge is 0.367 e. The molecule has 2 amide bonds. The third-order valence-corrected chi connectivity index (χ3v) is 4.76. The number of amides is 2. The molecule has 0 radical (unpaired) electrons. The molecule has 2 heterocycles. The molecule has 0 unspecified atom stereocenters. The van der Waals surface area contributed by atoms with Gasteiger partial charge in [-0.1, -0.05) is 19.3 Å². The van der Waals surface area contributed by atoms with Crippen molar-refractivity contribution in [2.75, 3.05) is 31.5 Å². The van der Waals surface area contributed by atoms with E-state index in [2.05, 4.69) is 15.3 Å². The normalized spacial score (nSPS) is 19.2. The van der Waals surface area contributed by atoms with Gasteiger partial charge in [0.1, 0.15) is 17.3 Å². The van der Waals surface area contributed by atoms with Crippen LogP contribution in [-0.2, 0) is 4.79 Å². The first-order valence-electron chi connectivity index (χ1n) is 8.76. The molecule has 24 heavy (non-hydrogen) atoms. The summed E-state index contributed by atoms with van der Waals surface area (Å²) in [5.74, 6) is 1.26. The Bertz CT molecular complexity index is 593. The van der Waals surface area contributed by atoms with Gasteiger partial charge in [0.25, 0.3) is 5.91 Å². The average Bonchev–Trinajstić information content (AvgIpc) is 2.61. The molecule has 1 aromatic rings. The lowest BCUT2D eigenvalue weighted by Crippen LogP contribution is -2.48. The quantitative estimate of drug-likeness (QED) is 0.845. The first kappa shape index (κ1) is 16.7. The molecule has 1 saturated carbocycles. The highest BCUT2D eigenvalue weighted by atomic mass is 16.2. The fraction of sp³-hybridized carbons (Fsp3) is 0.647. The number of hydrogen-bond acceptors (Lipinski definition) is 5. The van der Waals surface area contributed by atoms with E-state index in [4.69, 9.17) is 0 Å². The lowest BCUT2D eigenvalue weighted by molar-refractivity contribution is -0.119. The number of rotatable bonds is 4. The van der Waals surface area contributed by atoms with Gasteiger partial charge in [-0.2, -0.15) is 0 Å². The van der Waals surface area contributed by atoms with Crippen LogP contribution in [0.4, 0.5) is 5.82 Å². The Hall–Kier alpha value is -2.18. The summed E-state index contributed by atoms with van der Waals surface area (Å²) < 4.78 is 0. The van der Waals surface area contributed by atoms with E-state index in [9.17, 15) is 9.59 Å². The predicted molar refractivity (Wildman–Crippen MR) is 90.8 cm³/mol. The third-order valence-electron chi connectivity index (χ3n) is 4.76. The molecule has 1 aromatic heterocycles. The van der Waals surface area contributed by atoms with Gasteiger partial charge in [0.2, 0.25) is 6.41 Å². The summed E-state index contributed by atoms with van der Waals surface area (Å²) in [6.07, 6.45) is 6.93. The van der Waals surface area contributed by atoms with Crippen molar-refractivity contribution in [3.63, 3.8) is 0 Å². The van der Waals surface area contributed by atoms with Crippen LogP contribution >= 0.6 is 0 Å². The first-order chi connectivity index (χ1) is 11.7. The van der Waals surface area contributed by atoms with Crippen molar-refractivity contribution in [2.24, 2.45) is 0 Å². The molecule has 0 atom stereocenters. The highest BCUT2D eigenvalue weighted by Crippen LogP contribution is 2.21. The molecular weight excluding hydrogens is 306 g/mol. The number of nitrogens with zero attached hydrogens (tertiary/aromatic N) is 4. The maximum Gasteiger partial charge on any atom is 0.272 e. The number of piperazine rings is 1. The van der Waals surface area contributed by atoms with Crippen LogP contribution in [0.3, 0.4) is 0 Å². The maximum absolute atomic E-state index is 12.7. The third kappa shape index (κ3) is 4.01. The lowest BCUT2D eigenvalue weighted by Gasteiger charge is -2.32. The molecule has 2 aliphatic rings. The van der Waals surface area contributed by atoms with Crippen LogP contribution in [0.25, 0.3) is 0 Å². The minimum atomic E-state index is -0.0854. The summed E-state index contributed by atoms with van der Waals surface area (Å²) in [6.45, 7) is 4.06. The van der Waals surface area contributed by atoms with Crippen LogP contribution in [0, 0.1) is 6.92 Å². The van der Waals surface area contributed by atoms with E-state index >= 15 is 0 Å². The van der Waals surface area contributed by atoms with E-state index in [0.29, 0.717) is 43.7 Å². The lowest BCUT2D eigenvalue weighted by atomic mass is 9.95. The van der Waals surface area contributed by atoms with Crippen molar-refractivity contribution in [1.82, 2.24) is 19.8 Å². The van der Waals surface area contributed by atoms with Crippen molar-refractivity contribution >= 4 is 18.1 Å². The van der Waals surface area contributed by atoms with Gasteiger partial charge in [-0.25, -0.2) is 9.97 Å². The second-order valence-corrected chi connectivity index (χ2v) is 6.60. The van der Waals surface area contributed by atoms with E-state index in [0.717, 1.165) is 25.1 Å². The maximum atomic E-state index is 12.7. The molecule has 7 heteroatoms. The molecule has 130 valence electrons. The molecule has 1 aliphatic carbocycles. The van der Waals surface area contributed by atoms with Crippen LogP contribution < -0.4 is 5.32 Å². The zero-order valence-electron chi connectivity index (χ0n) is 14.2. The Morgan fingerprint density at radius 3 is 2.54 bits per heavy atom. The van der Waals surface area contributed by atoms with Crippen LogP contribution in [0.5, 0.6) is 0 Å². The predicted octanol–water partition coefficient (Wildman–Crippen LogP) is 1.44. The SMILES string of the molecule is Cc1nc(NC2CCCCC2)cc(C(=O)N2CCN(C=O)CC2)n1.